The third kappa shape index (κ3) is 22.0. The fraction of sp³-hybridized carbons (Fsp3) is 0.109. The first kappa shape index (κ1) is 97.9. The van der Waals surface area contributed by atoms with Crippen LogP contribution in [0.3, 0.4) is 0 Å². The number of aromatic nitrogens is 20. The Hall–Kier alpha value is -20.2. The van der Waals surface area contributed by atoms with Crippen LogP contribution >= 0.6 is 0 Å². The number of fused-ring (bicyclic) bond motifs is 5. The van der Waals surface area contributed by atoms with Crippen LogP contribution in [-0.4, -0.2) is 212 Å². The Balaban J connectivity index is 0.000000130. The van der Waals surface area contributed by atoms with Gasteiger partial charge in [-0.05, 0) is 143 Å². The molecule has 20 rings (SSSR count). The van der Waals surface area contributed by atoms with E-state index in [9.17, 15) is 68.3 Å². The molecule has 0 aliphatic heterocycles. The highest BCUT2D eigenvalue weighted by atomic mass is 16.6. The van der Waals surface area contributed by atoms with Gasteiger partial charge in [-0.2, -0.15) is 0 Å². The predicted molar refractivity (Wildman–Crippen MR) is 535 cm³/mol. The molecule has 0 bridgehead atoms. The summed E-state index contributed by atoms with van der Waals surface area (Å²) in [7, 11) is 5.22. The molecule has 44 heteroatoms. The van der Waals surface area contributed by atoms with Crippen LogP contribution in [0.2, 0.25) is 0 Å². The van der Waals surface area contributed by atoms with Gasteiger partial charge in [-0.3, -0.25) is 34.1 Å². The summed E-state index contributed by atoms with van der Waals surface area (Å²) in [5.41, 5.74) is 21.4. The molecular formula is C101H83N23O21. The number of nitrogens with two attached hydrogens (primary N) is 1. The molecule has 0 unspecified atom stereocenters. The number of hydrogen-bond acceptors (Lipinski definition) is 28. The molecule has 145 heavy (non-hydrogen) atoms. The number of rotatable bonds is 26. The molecule has 0 saturated carbocycles. The van der Waals surface area contributed by atoms with Crippen molar-refractivity contribution in [1.82, 2.24) is 99.7 Å². The number of methoxy groups -OCH3 is 1. The Kier molecular flexibility index (Phi) is 28.9. The number of nitrogen functional groups attached to an aromatic ring is 1. The molecule has 728 valence electrons. The first-order valence-electron chi connectivity index (χ1n) is 43.9. The lowest BCUT2D eigenvalue weighted by Crippen LogP contribution is -2.24. The Morgan fingerprint density at radius 1 is 0.379 bits per heavy atom. The lowest BCUT2D eigenvalue weighted by molar-refractivity contribution is -0.384. The number of nitro benzene ring substituents is 1. The Bertz CT molecular complexity index is 8680. The number of aliphatic carboxylic acids is 2. The third-order valence-corrected chi connectivity index (χ3v) is 22.6. The number of nitro groups is 1. The van der Waals surface area contributed by atoms with Gasteiger partial charge in [0.15, 0.2) is 68.0 Å². The van der Waals surface area contributed by atoms with E-state index in [0.29, 0.717) is 137 Å². The number of nitrogens with zero attached hydrogens (tertiary/aromatic N) is 12. The standard InChI is InChI=1S/C23H22N4O5.C22H20N4O5.C20H17N5O3.C18H11N5O5.C18H13N5O3/c1-3-32-17-11-15(14-6-4-5-13(9-14)10-18(31-2)23(29)30)7-8-16(17)20-26-21-19(22(28)27-20)24-12-25-21;1-2-31-17-10-14(13-5-3-4-12(8-13)9-16(27)22(29)30)6-7-15(17)19-25-20-18(21(28)26-19)23-11-24-20;1-25(2)15-9-13(17-23-18-16(19(26)24-17)21-10-22-18)7-8-14(15)11-3-5-12(6-4-11)20(27)28;24-17-14-16(20-8-19-14)21-15(22-17)11-5-6-12(13(7-11)23(27)28)9-1-3-10(4-2-9)18(25)26;19-13-7-11(15-22-16-14(17(24)23-15)20-8-21-16)5-6-12(13)9-1-3-10(4-2-9)18(25)26/h4-9,11-12,18H,3,10H2,1-2H3,(H,29,30)(H2,24,25,26,27,28);3-8,10-11,16,27H,2,9H2,1H3,(H,29,30)(H2,23,24,25,26,28);3-10H,1-2H3,(H,27,28)(H2,21,22,23,24,26);1-8H,(H,25,26)(H2,19,20,21,22,24);1-8H,19H2,(H,25,26)(H2,20,21,22,23,24)/t18-;16-;;;/m11.../s1. The molecule has 2 atom stereocenters. The fourth-order valence-electron chi connectivity index (χ4n) is 15.5. The second kappa shape index (κ2) is 42.8. The molecule has 10 aromatic heterocycles. The topological polar surface area (TPSA) is 679 Å². The van der Waals surface area contributed by atoms with Crippen LogP contribution < -0.4 is 47.9 Å². The molecule has 20 aromatic rings. The average Bonchev–Trinajstić information content (AvgIpc) is 1.59. The van der Waals surface area contributed by atoms with Crippen molar-refractivity contribution in [3.8, 4) is 124 Å². The van der Waals surface area contributed by atoms with Crippen LogP contribution in [0.1, 0.15) is 56.0 Å². The van der Waals surface area contributed by atoms with E-state index in [-0.39, 0.29) is 74.4 Å². The minimum atomic E-state index is -1.46. The molecule has 0 amide bonds. The summed E-state index contributed by atoms with van der Waals surface area (Å²) in [5, 5.41) is 66.5. The highest BCUT2D eigenvalue weighted by Gasteiger charge is 2.25. The van der Waals surface area contributed by atoms with Gasteiger partial charge >= 0.3 is 29.8 Å². The van der Waals surface area contributed by atoms with Gasteiger partial charge in [0, 0.05) is 79.3 Å². The summed E-state index contributed by atoms with van der Waals surface area (Å²) in [5.74, 6) is -2.53. The number of hydrogen-bond donors (Lipinski definition) is 17. The van der Waals surface area contributed by atoms with E-state index >= 15 is 0 Å². The number of benzene rings is 10. The number of carboxylic acid groups (broad SMARTS) is 5. The molecule has 0 aliphatic rings. The van der Waals surface area contributed by atoms with Gasteiger partial charge < -0.3 is 105 Å². The van der Waals surface area contributed by atoms with Crippen molar-refractivity contribution in [2.24, 2.45) is 0 Å². The Morgan fingerprint density at radius 2 is 0.697 bits per heavy atom. The number of aliphatic hydroxyl groups excluding tert-OH is 1. The summed E-state index contributed by atoms with van der Waals surface area (Å²) >= 11 is 0. The number of nitrogens with one attached hydrogen (secondary N) is 10. The number of ether oxygens (including phenoxy) is 3. The summed E-state index contributed by atoms with van der Waals surface area (Å²) in [6.07, 6.45) is 4.91. The van der Waals surface area contributed by atoms with Crippen molar-refractivity contribution in [3.63, 3.8) is 0 Å². The number of anilines is 2. The van der Waals surface area contributed by atoms with Crippen LogP contribution in [-0.2, 0) is 27.2 Å². The fourth-order valence-corrected chi connectivity index (χ4v) is 15.5. The summed E-state index contributed by atoms with van der Waals surface area (Å²) in [6, 6.07) is 60.3. The second-order valence-electron chi connectivity index (χ2n) is 32.2. The van der Waals surface area contributed by atoms with E-state index in [4.69, 9.17) is 40.4 Å². The number of carbonyl (C=O) groups is 5. The second-order valence-corrected chi connectivity index (χ2v) is 32.2. The lowest BCUT2D eigenvalue weighted by Gasteiger charge is -2.19. The van der Waals surface area contributed by atoms with Gasteiger partial charge in [0.05, 0.1) is 83.2 Å². The molecule has 10 heterocycles. The first-order valence-corrected chi connectivity index (χ1v) is 43.9. The third-order valence-electron chi connectivity index (χ3n) is 22.6. The maximum atomic E-state index is 12.3. The van der Waals surface area contributed by atoms with Gasteiger partial charge in [-0.1, -0.05) is 127 Å². The largest absolute Gasteiger partial charge is 0.493 e. The molecule has 0 saturated heterocycles. The molecule has 0 radical (unpaired) electrons. The number of H-pyrrole nitrogens is 10. The zero-order valence-corrected chi connectivity index (χ0v) is 76.8. The van der Waals surface area contributed by atoms with Crippen molar-refractivity contribution >= 4 is 103 Å². The van der Waals surface area contributed by atoms with Crippen LogP contribution in [0, 0.1) is 10.1 Å². The smallest absolute Gasteiger partial charge is 0.335 e. The van der Waals surface area contributed by atoms with E-state index in [0.717, 1.165) is 61.3 Å². The maximum Gasteiger partial charge on any atom is 0.335 e. The zero-order chi connectivity index (χ0) is 103. The van der Waals surface area contributed by atoms with Crippen LogP contribution in [0.15, 0.2) is 268 Å². The molecular weight excluding hydrogens is 1870 g/mol. The minimum absolute atomic E-state index is 0.00834. The van der Waals surface area contributed by atoms with E-state index in [2.05, 4.69) is 99.7 Å². The highest BCUT2D eigenvalue weighted by Crippen LogP contribution is 2.40. The van der Waals surface area contributed by atoms with Gasteiger partial charge in [-0.25, -0.2) is 73.8 Å². The number of carboxylic acids is 5. The lowest BCUT2D eigenvalue weighted by atomic mass is 9.98. The number of aromatic carboxylic acids is 3. The SMILES string of the molecule is CCOc1cc(-c2cccc(C[C@@H](O)C(=O)O)c2)ccc1-c1nc2nc[nH]c2c(=O)[nH]1.CCOc1cc(-c2cccc(C[C@@H](OC)C(=O)O)c2)ccc1-c1nc2nc[nH]c2c(=O)[nH]1.CN(C)c1cc(-c2nc3nc[nH]c3c(=O)[nH]2)ccc1-c1ccc(C(=O)O)cc1.Nc1cc(-c2nc3nc[nH]c3c(=O)[nH]2)ccc1-c1ccc(C(=O)O)cc1.O=C(O)c1ccc(-c2ccc(-c3nc4nc[nH]c4c(=O)[nH]3)cc2[N+](=O)[O-])cc1. The van der Waals surface area contributed by atoms with Gasteiger partial charge in [-0.15, -0.1) is 0 Å². The normalized spacial score (nSPS) is 11.4. The van der Waals surface area contributed by atoms with E-state index in [1.54, 1.807) is 78.9 Å². The van der Waals surface area contributed by atoms with Crippen molar-refractivity contribution in [1.29, 1.82) is 0 Å². The maximum absolute atomic E-state index is 12.3. The Morgan fingerprint density at radius 3 is 1.05 bits per heavy atom. The van der Waals surface area contributed by atoms with Crippen LogP contribution in [0.25, 0.3) is 168 Å². The van der Waals surface area contributed by atoms with Gasteiger partial charge in [0.2, 0.25) is 0 Å². The molecule has 0 spiro atoms. The van der Waals surface area contributed by atoms with Crippen molar-refractivity contribution < 1.29 is 73.7 Å². The highest BCUT2D eigenvalue weighted by molar-refractivity contribution is 5.93. The molecule has 10 aromatic carbocycles. The number of aliphatic hydroxyl groups is 1. The Labute approximate surface area is 813 Å². The molecule has 0 fully saturated rings. The number of aromatic amines is 10. The van der Waals surface area contributed by atoms with E-state index < -0.39 is 52.5 Å². The number of imidazole rings is 5. The van der Waals surface area contributed by atoms with Crippen LogP contribution in [0.4, 0.5) is 17.1 Å². The first-order chi connectivity index (χ1) is 69.8. The minimum Gasteiger partial charge on any atom is -0.493 e. The van der Waals surface area contributed by atoms with E-state index in [1.807, 2.05) is 118 Å². The summed E-state index contributed by atoms with van der Waals surface area (Å²) in [6.45, 7) is 4.58. The van der Waals surface area contributed by atoms with Gasteiger partial charge in [0.1, 0.15) is 40.6 Å². The molecule has 0 aliphatic carbocycles. The monoisotopic (exact) mass is 1950 g/mol. The van der Waals surface area contributed by atoms with E-state index in [1.165, 1.54) is 87.3 Å². The van der Waals surface area contributed by atoms with Gasteiger partial charge in [0.25, 0.3) is 33.5 Å². The molecule has 18 N–H and O–H groups in total. The summed E-state index contributed by atoms with van der Waals surface area (Å²) in [4.78, 5) is 198. The van der Waals surface area contributed by atoms with Crippen LogP contribution in [0.5, 0.6) is 11.5 Å². The van der Waals surface area contributed by atoms with Crippen molar-refractivity contribution in [2.45, 2.75) is 38.9 Å². The predicted octanol–water partition coefficient (Wildman–Crippen LogP) is 13.0. The molecule has 44 nitrogen and oxygen atoms in total. The average molecular weight is 1950 g/mol. The summed E-state index contributed by atoms with van der Waals surface area (Å²) < 4.78 is 16.7. The quantitative estimate of drug-likeness (QED) is 0.0136. The van der Waals surface area contributed by atoms with Crippen molar-refractivity contribution in [2.75, 3.05) is 45.1 Å². The van der Waals surface area contributed by atoms with Crippen molar-refractivity contribution in [3.05, 3.63) is 334 Å². The zero-order valence-electron chi connectivity index (χ0n) is 76.8.